The highest BCUT2D eigenvalue weighted by atomic mass is 16.3. The summed E-state index contributed by atoms with van der Waals surface area (Å²) in [4.78, 5) is 11.0. The van der Waals surface area contributed by atoms with E-state index in [1.54, 1.807) is 6.92 Å². The molecule has 2 unspecified atom stereocenters. The lowest BCUT2D eigenvalue weighted by atomic mass is 9.95. The molecule has 82 valence electrons. The van der Waals surface area contributed by atoms with Crippen LogP contribution in [0.5, 0.6) is 0 Å². The molecule has 0 radical (unpaired) electrons. The minimum absolute atomic E-state index is 0.0514. The van der Waals surface area contributed by atoms with E-state index in [-0.39, 0.29) is 11.7 Å². The molecule has 0 saturated carbocycles. The number of ketones is 1. The van der Waals surface area contributed by atoms with Crippen LogP contribution in [0.15, 0.2) is 30.3 Å². The molecule has 0 aromatic heterocycles. The van der Waals surface area contributed by atoms with Crippen molar-refractivity contribution in [3.8, 4) is 0 Å². The third kappa shape index (κ3) is 3.84. The van der Waals surface area contributed by atoms with Crippen molar-refractivity contribution in [1.82, 2.24) is 0 Å². The summed E-state index contributed by atoms with van der Waals surface area (Å²) in [6.45, 7) is 3.30. The number of aliphatic hydroxyl groups is 1. The summed E-state index contributed by atoms with van der Waals surface area (Å²) in [5.41, 5.74) is 1.20. The number of hydrogen-bond donors (Lipinski definition) is 1. The first-order valence-corrected chi connectivity index (χ1v) is 5.33. The fourth-order valence-electron chi connectivity index (χ4n) is 1.48. The fraction of sp³-hybridized carbons (Fsp3) is 0.462. The van der Waals surface area contributed by atoms with Crippen molar-refractivity contribution in [2.45, 2.75) is 32.8 Å². The van der Waals surface area contributed by atoms with Gasteiger partial charge in [0.2, 0.25) is 0 Å². The molecule has 1 aromatic carbocycles. The molecule has 0 heterocycles. The summed E-state index contributed by atoms with van der Waals surface area (Å²) in [6, 6.07) is 10.0. The van der Waals surface area contributed by atoms with Gasteiger partial charge in [0.1, 0.15) is 5.78 Å². The summed E-state index contributed by atoms with van der Waals surface area (Å²) in [5, 5.41) is 9.73. The first-order valence-electron chi connectivity index (χ1n) is 5.33. The third-order valence-electron chi connectivity index (χ3n) is 2.79. The second-order valence-electron chi connectivity index (χ2n) is 3.99. The minimum atomic E-state index is -0.525. The number of rotatable bonds is 5. The van der Waals surface area contributed by atoms with E-state index >= 15 is 0 Å². The van der Waals surface area contributed by atoms with E-state index in [0.717, 1.165) is 6.42 Å². The average Bonchev–Trinajstić information content (AvgIpc) is 2.26. The van der Waals surface area contributed by atoms with Crippen LogP contribution in [0.25, 0.3) is 0 Å². The predicted octanol–water partition coefficient (Wildman–Crippen LogP) is 2.21. The SMILES string of the molecule is CC(=O)C(C)C(O)CCc1ccccc1. The lowest BCUT2D eigenvalue weighted by Gasteiger charge is -2.15. The number of aliphatic hydroxyl groups excluding tert-OH is 1. The van der Waals surface area contributed by atoms with Crippen LogP contribution in [-0.2, 0) is 11.2 Å². The van der Waals surface area contributed by atoms with Crippen molar-refractivity contribution in [3.63, 3.8) is 0 Å². The molecule has 15 heavy (non-hydrogen) atoms. The van der Waals surface area contributed by atoms with Gasteiger partial charge in [-0.3, -0.25) is 4.79 Å². The van der Waals surface area contributed by atoms with Gasteiger partial charge >= 0.3 is 0 Å². The Labute approximate surface area is 90.9 Å². The van der Waals surface area contributed by atoms with Crippen molar-refractivity contribution in [3.05, 3.63) is 35.9 Å². The van der Waals surface area contributed by atoms with Gasteiger partial charge in [0, 0.05) is 5.92 Å². The molecule has 1 rings (SSSR count). The largest absolute Gasteiger partial charge is 0.392 e. The van der Waals surface area contributed by atoms with E-state index in [4.69, 9.17) is 0 Å². The maximum atomic E-state index is 11.0. The molecule has 0 bridgehead atoms. The molecule has 1 aromatic rings. The lowest BCUT2D eigenvalue weighted by Crippen LogP contribution is -2.24. The van der Waals surface area contributed by atoms with Gasteiger partial charge in [-0.2, -0.15) is 0 Å². The van der Waals surface area contributed by atoms with E-state index in [1.165, 1.54) is 12.5 Å². The smallest absolute Gasteiger partial charge is 0.135 e. The van der Waals surface area contributed by atoms with Crippen LogP contribution < -0.4 is 0 Å². The summed E-state index contributed by atoms with van der Waals surface area (Å²) in [5.74, 6) is -0.204. The van der Waals surface area contributed by atoms with E-state index < -0.39 is 6.10 Å². The van der Waals surface area contributed by atoms with Crippen molar-refractivity contribution in [1.29, 1.82) is 0 Å². The van der Waals surface area contributed by atoms with Crippen LogP contribution in [0.3, 0.4) is 0 Å². The topological polar surface area (TPSA) is 37.3 Å². The molecule has 0 aliphatic heterocycles. The Hall–Kier alpha value is -1.15. The molecule has 0 saturated heterocycles. The van der Waals surface area contributed by atoms with Crippen LogP contribution in [-0.4, -0.2) is 17.0 Å². The average molecular weight is 206 g/mol. The number of Topliss-reactive ketones (excluding diaryl/α,β-unsaturated/α-hetero) is 1. The van der Waals surface area contributed by atoms with E-state index in [2.05, 4.69) is 0 Å². The third-order valence-corrected chi connectivity index (χ3v) is 2.79. The molecule has 1 N–H and O–H groups in total. The number of aryl methyl sites for hydroxylation is 1. The first kappa shape index (κ1) is 11.9. The Kier molecular flexibility index (Phi) is 4.50. The molecule has 0 aliphatic rings. The number of benzene rings is 1. The summed E-state index contributed by atoms with van der Waals surface area (Å²) in [7, 11) is 0. The molecular weight excluding hydrogens is 188 g/mol. The normalized spacial score (nSPS) is 14.6. The molecule has 2 heteroatoms. The molecule has 2 nitrogen and oxygen atoms in total. The zero-order valence-corrected chi connectivity index (χ0v) is 9.31. The monoisotopic (exact) mass is 206 g/mol. The predicted molar refractivity (Wildman–Crippen MR) is 60.6 cm³/mol. The van der Waals surface area contributed by atoms with Gasteiger partial charge in [-0.05, 0) is 25.3 Å². The standard InChI is InChI=1S/C13H18O2/c1-10(11(2)14)13(15)9-8-12-6-4-3-5-7-12/h3-7,10,13,15H,8-9H2,1-2H3. The van der Waals surface area contributed by atoms with Gasteiger partial charge in [0.25, 0.3) is 0 Å². The van der Waals surface area contributed by atoms with Crippen molar-refractivity contribution in [2.24, 2.45) is 5.92 Å². The van der Waals surface area contributed by atoms with E-state index in [0.29, 0.717) is 6.42 Å². The highest BCUT2D eigenvalue weighted by molar-refractivity contribution is 5.78. The second-order valence-corrected chi connectivity index (χ2v) is 3.99. The van der Waals surface area contributed by atoms with E-state index in [1.807, 2.05) is 30.3 Å². The lowest BCUT2D eigenvalue weighted by molar-refractivity contribution is -0.123. The Morgan fingerprint density at radius 1 is 1.33 bits per heavy atom. The van der Waals surface area contributed by atoms with Crippen LogP contribution in [0.4, 0.5) is 0 Å². The van der Waals surface area contributed by atoms with Crippen molar-refractivity contribution >= 4 is 5.78 Å². The van der Waals surface area contributed by atoms with Crippen LogP contribution in [0.1, 0.15) is 25.8 Å². The number of carbonyl (C=O) groups excluding carboxylic acids is 1. The Balaban J connectivity index is 2.41. The first-order chi connectivity index (χ1) is 7.11. The number of carbonyl (C=O) groups is 1. The van der Waals surface area contributed by atoms with Crippen LogP contribution >= 0.6 is 0 Å². The van der Waals surface area contributed by atoms with Gasteiger partial charge in [-0.15, -0.1) is 0 Å². The van der Waals surface area contributed by atoms with Crippen LogP contribution in [0.2, 0.25) is 0 Å². The second kappa shape index (κ2) is 5.66. The van der Waals surface area contributed by atoms with Crippen molar-refractivity contribution in [2.75, 3.05) is 0 Å². The number of hydrogen-bond acceptors (Lipinski definition) is 2. The maximum Gasteiger partial charge on any atom is 0.135 e. The Morgan fingerprint density at radius 3 is 2.47 bits per heavy atom. The molecular formula is C13H18O2. The quantitative estimate of drug-likeness (QED) is 0.802. The minimum Gasteiger partial charge on any atom is -0.392 e. The van der Waals surface area contributed by atoms with Gasteiger partial charge in [-0.25, -0.2) is 0 Å². The van der Waals surface area contributed by atoms with E-state index in [9.17, 15) is 9.90 Å². The summed E-state index contributed by atoms with van der Waals surface area (Å²) < 4.78 is 0. The zero-order valence-electron chi connectivity index (χ0n) is 9.31. The maximum absolute atomic E-state index is 11.0. The fourth-order valence-corrected chi connectivity index (χ4v) is 1.48. The highest BCUT2D eigenvalue weighted by Gasteiger charge is 2.17. The molecule has 0 spiro atoms. The van der Waals surface area contributed by atoms with Crippen molar-refractivity contribution < 1.29 is 9.90 Å². The molecule has 0 fully saturated rings. The molecule has 0 amide bonds. The Morgan fingerprint density at radius 2 is 1.93 bits per heavy atom. The zero-order chi connectivity index (χ0) is 11.3. The van der Waals surface area contributed by atoms with Gasteiger partial charge in [0.05, 0.1) is 6.10 Å². The van der Waals surface area contributed by atoms with Gasteiger partial charge in [0.15, 0.2) is 0 Å². The summed E-state index contributed by atoms with van der Waals surface area (Å²) in [6.07, 6.45) is 0.937. The van der Waals surface area contributed by atoms with Gasteiger partial charge < -0.3 is 5.11 Å². The highest BCUT2D eigenvalue weighted by Crippen LogP contribution is 2.12. The molecule has 0 aliphatic carbocycles. The summed E-state index contributed by atoms with van der Waals surface area (Å²) >= 11 is 0. The Bertz CT molecular complexity index is 306. The molecule has 2 atom stereocenters. The van der Waals surface area contributed by atoms with Gasteiger partial charge in [-0.1, -0.05) is 37.3 Å². The van der Waals surface area contributed by atoms with Crippen LogP contribution in [0, 0.1) is 5.92 Å².